The van der Waals surface area contributed by atoms with Crippen molar-refractivity contribution in [2.75, 3.05) is 20.2 Å². The van der Waals surface area contributed by atoms with Gasteiger partial charge in [0.15, 0.2) is 0 Å². The van der Waals surface area contributed by atoms with E-state index in [0.717, 1.165) is 25.9 Å². The Morgan fingerprint density at radius 2 is 2.18 bits per heavy atom. The van der Waals surface area contributed by atoms with Gasteiger partial charge in [-0.3, -0.25) is 4.90 Å². The molecule has 2 unspecified atom stereocenters. The van der Waals surface area contributed by atoms with Crippen LogP contribution in [-0.2, 0) is 16.6 Å². The van der Waals surface area contributed by atoms with Crippen molar-refractivity contribution in [3.63, 3.8) is 0 Å². The molecular formula is C18H28ClNO2. The molecule has 4 atom stereocenters. The average Bonchev–Trinajstić information content (AvgIpc) is 2.46. The van der Waals surface area contributed by atoms with Crippen molar-refractivity contribution in [2.24, 2.45) is 5.92 Å². The molecule has 22 heavy (non-hydrogen) atoms. The van der Waals surface area contributed by atoms with Crippen LogP contribution < -0.4 is 0 Å². The first kappa shape index (κ1) is 17.6. The summed E-state index contributed by atoms with van der Waals surface area (Å²) in [5.41, 5.74) is 2.96. The number of nitrogens with zero attached hydrogens (tertiary/aromatic N) is 1. The SMILES string of the molecule is COC(C)CN1CC[C@@]2(C)c3cc(O)ccc3CC1[C@@H]2C.Cl. The highest BCUT2D eigenvalue weighted by molar-refractivity contribution is 5.85. The number of benzene rings is 1. The third kappa shape index (κ3) is 2.75. The number of methoxy groups -OCH3 is 1. The van der Waals surface area contributed by atoms with Gasteiger partial charge < -0.3 is 9.84 Å². The molecule has 1 aromatic carbocycles. The average molecular weight is 326 g/mol. The summed E-state index contributed by atoms with van der Waals surface area (Å²) in [5.74, 6) is 1.00. The third-order valence-electron chi connectivity index (χ3n) is 6.00. The number of piperidine rings is 1. The minimum Gasteiger partial charge on any atom is -0.508 e. The van der Waals surface area contributed by atoms with Gasteiger partial charge in [0.1, 0.15) is 5.75 Å². The minimum absolute atomic E-state index is 0. The predicted octanol–water partition coefficient (Wildman–Crippen LogP) is 3.37. The predicted molar refractivity (Wildman–Crippen MR) is 92.0 cm³/mol. The van der Waals surface area contributed by atoms with Crippen LogP contribution in [0.2, 0.25) is 0 Å². The first-order valence-corrected chi connectivity index (χ1v) is 8.05. The fourth-order valence-corrected chi connectivity index (χ4v) is 4.33. The molecule has 0 aromatic heterocycles. The summed E-state index contributed by atoms with van der Waals surface area (Å²) in [6.45, 7) is 9.02. The largest absolute Gasteiger partial charge is 0.508 e. The smallest absolute Gasteiger partial charge is 0.115 e. The van der Waals surface area contributed by atoms with Crippen LogP contribution in [0.15, 0.2) is 18.2 Å². The van der Waals surface area contributed by atoms with Crippen LogP contribution in [0.4, 0.5) is 0 Å². The summed E-state index contributed by atoms with van der Waals surface area (Å²) in [7, 11) is 1.79. The van der Waals surface area contributed by atoms with E-state index >= 15 is 0 Å². The summed E-state index contributed by atoms with van der Waals surface area (Å²) >= 11 is 0. The molecule has 1 N–H and O–H groups in total. The highest BCUT2D eigenvalue weighted by Crippen LogP contribution is 2.49. The molecule has 2 bridgehead atoms. The second-order valence-corrected chi connectivity index (χ2v) is 7.11. The maximum absolute atomic E-state index is 9.86. The molecule has 1 fully saturated rings. The Morgan fingerprint density at radius 1 is 1.45 bits per heavy atom. The van der Waals surface area contributed by atoms with Gasteiger partial charge in [-0.1, -0.05) is 19.9 Å². The van der Waals surface area contributed by atoms with E-state index in [-0.39, 0.29) is 23.9 Å². The minimum atomic E-state index is 0. The lowest BCUT2D eigenvalue weighted by Crippen LogP contribution is -2.59. The number of likely N-dealkylation sites (tertiary alicyclic amines) is 1. The molecular weight excluding hydrogens is 298 g/mol. The highest BCUT2D eigenvalue weighted by atomic mass is 35.5. The lowest BCUT2D eigenvalue weighted by Gasteiger charge is -2.55. The van der Waals surface area contributed by atoms with Crippen molar-refractivity contribution in [1.82, 2.24) is 4.90 Å². The standard InChI is InChI=1S/C18H27NO2.ClH/c1-12(21-4)11-19-8-7-18(3)13(2)17(19)9-14-5-6-15(20)10-16(14)18;/h5-6,10,12-13,17,20H,7-9,11H2,1-4H3;1H/t12?,13-,17?,18+;/m0./s1. The zero-order valence-corrected chi connectivity index (χ0v) is 14.8. The molecule has 0 amide bonds. The Hall–Kier alpha value is -0.770. The molecule has 0 radical (unpaired) electrons. The van der Waals surface area contributed by atoms with Gasteiger partial charge in [0.05, 0.1) is 6.10 Å². The lowest BCUT2D eigenvalue weighted by atomic mass is 9.59. The molecule has 4 heteroatoms. The summed E-state index contributed by atoms with van der Waals surface area (Å²) in [6.07, 6.45) is 2.52. The molecule has 0 spiro atoms. The zero-order chi connectivity index (χ0) is 15.2. The molecule has 3 rings (SSSR count). The van der Waals surface area contributed by atoms with Crippen molar-refractivity contribution in [3.8, 4) is 5.75 Å². The van der Waals surface area contributed by atoms with E-state index in [2.05, 4.69) is 31.7 Å². The number of phenols is 1. The van der Waals surface area contributed by atoms with Crippen LogP contribution in [0.5, 0.6) is 5.75 Å². The molecule has 2 aliphatic rings. The second kappa shape index (κ2) is 6.38. The number of rotatable bonds is 3. The van der Waals surface area contributed by atoms with E-state index in [1.807, 2.05) is 12.1 Å². The van der Waals surface area contributed by atoms with Crippen molar-refractivity contribution >= 4 is 12.4 Å². The number of aromatic hydroxyl groups is 1. The van der Waals surface area contributed by atoms with Crippen molar-refractivity contribution < 1.29 is 9.84 Å². The maximum atomic E-state index is 9.86. The van der Waals surface area contributed by atoms with Gasteiger partial charge in [0.2, 0.25) is 0 Å². The van der Waals surface area contributed by atoms with Crippen LogP contribution in [0.1, 0.15) is 38.3 Å². The van der Waals surface area contributed by atoms with Crippen LogP contribution in [-0.4, -0.2) is 42.4 Å². The van der Waals surface area contributed by atoms with E-state index < -0.39 is 0 Å². The lowest BCUT2D eigenvalue weighted by molar-refractivity contribution is -0.00624. The maximum Gasteiger partial charge on any atom is 0.115 e. The van der Waals surface area contributed by atoms with E-state index in [0.29, 0.717) is 17.7 Å². The molecule has 0 saturated carbocycles. The van der Waals surface area contributed by atoms with Crippen LogP contribution in [0.3, 0.4) is 0 Å². The quantitative estimate of drug-likeness (QED) is 0.924. The molecule has 1 heterocycles. The molecule has 1 aliphatic heterocycles. The number of phenolic OH excluding ortho intramolecular Hbond substituents is 1. The van der Waals surface area contributed by atoms with E-state index in [1.54, 1.807) is 7.11 Å². The molecule has 1 aliphatic carbocycles. The Balaban J connectivity index is 0.00000176. The highest BCUT2D eigenvalue weighted by Gasteiger charge is 2.48. The first-order chi connectivity index (χ1) is 9.95. The van der Waals surface area contributed by atoms with Gasteiger partial charge in [0.25, 0.3) is 0 Å². The summed E-state index contributed by atoms with van der Waals surface area (Å²) in [6, 6.07) is 6.52. The Kier molecular flexibility index (Phi) is 5.10. The number of halogens is 1. The summed E-state index contributed by atoms with van der Waals surface area (Å²) in [5, 5.41) is 9.86. The fraction of sp³-hybridized carbons (Fsp3) is 0.667. The van der Waals surface area contributed by atoms with Crippen LogP contribution >= 0.6 is 12.4 Å². The Bertz CT molecular complexity index is 536. The van der Waals surface area contributed by atoms with Gasteiger partial charge in [-0.15, -0.1) is 12.4 Å². The van der Waals surface area contributed by atoms with E-state index in [1.165, 1.54) is 11.1 Å². The summed E-state index contributed by atoms with van der Waals surface area (Å²) in [4.78, 5) is 2.61. The molecule has 1 saturated heterocycles. The van der Waals surface area contributed by atoms with Gasteiger partial charge in [-0.05, 0) is 60.9 Å². The van der Waals surface area contributed by atoms with Crippen LogP contribution in [0.25, 0.3) is 0 Å². The molecule has 3 nitrogen and oxygen atoms in total. The monoisotopic (exact) mass is 325 g/mol. The Labute approximate surface area is 140 Å². The number of fused-ring (bicyclic) bond motifs is 4. The van der Waals surface area contributed by atoms with E-state index in [4.69, 9.17) is 4.74 Å². The topological polar surface area (TPSA) is 32.7 Å². The normalized spacial score (nSPS) is 32.0. The molecule has 1 aromatic rings. The van der Waals surface area contributed by atoms with Gasteiger partial charge in [-0.2, -0.15) is 0 Å². The van der Waals surface area contributed by atoms with Gasteiger partial charge in [-0.25, -0.2) is 0 Å². The third-order valence-corrected chi connectivity index (χ3v) is 6.00. The second-order valence-electron chi connectivity index (χ2n) is 7.11. The number of hydrogen-bond acceptors (Lipinski definition) is 3. The van der Waals surface area contributed by atoms with E-state index in [9.17, 15) is 5.11 Å². The Morgan fingerprint density at radius 3 is 2.86 bits per heavy atom. The first-order valence-electron chi connectivity index (χ1n) is 8.05. The van der Waals surface area contributed by atoms with Gasteiger partial charge in [0, 0.05) is 19.7 Å². The number of hydrogen-bond donors (Lipinski definition) is 1. The summed E-state index contributed by atoms with van der Waals surface area (Å²) < 4.78 is 5.46. The fourth-order valence-electron chi connectivity index (χ4n) is 4.33. The van der Waals surface area contributed by atoms with Gasteiger partial charge >= 0.3 is 0 Å². The van der Waals surface area contributed by atoms with Crippen LogP contribution in [0, 0.1) is 5.92 Å². The molecule has 124 valence electrons. The van der Waals surface area contributed by atoms with Crippen molar-refractivity contribution in [3.05, 3.63) is 29.3 Å². The van der Waals surface area contributed by atoms with Crippen molar-refractivity contribution in [1.29, 1.82) is 0 Å². The number of ether oxygens (including phenoxy) is 1. The zero-order valence-electron chi connectivity index (χ0n) is 14.0. The van der Waals surface area contributed by atoms with Crippen molar-refractivity contribution in [2.45, 2.75) is 51.2 Å².